The summed E-state index contributed by atoms with van der Waals surface area (Å²) in [5.74, 6) is 2.04. The molecule has 1 fully saturated rings. The van der Waals surface area contributed by atoms with Crippen LogP contribution < -0.4 is 20.5 Å². The Balaban J connectivity index is 0.00000380. The predicted octanol–water partition coefficient (Wildman–Crippen LogP) is 6.69. The molecule has 0 aliphatic heterocycles. The molecule has 0 saturated heterocycles. The van der Waals surface area contributed by atoms with Gasteiger partial charge in [-0.1, -0.05) is 42.9 Å². The van der Waals surface area contributed by atoms with Gasteiger partial charge in [0.05, 0.1) is 0 Å². The first-order valence-corrected chi connectivity index (χ1v) is 11.9. The number of rotatable bonds is 8. The molecular weight excluding hydrogens is 505 g/mol. The van der Waals surface area contributed by atoms with E-state index in [9.17, 15) is 10.2 Å². The summed E-state index contributed by atoms with van der Waals surface area (Å²) in [4.78, 5) is 12.9. The molecule has 4 rings (SSSR count). The molecular formula is C28H29N5O3V. The van der Waals surface area contributed by atoms with Crippen molar-refractivity contribution in [2.75, 3.05) is 5.32 Å². The predicted molar refractivity (Wildman–Crippen MR) is 142 cm³/mol. The molecule has 1 amide bonds. The molecule has 1 saturated carbocycles. The second kappa shape index (κ2) is 12.5. The van der Waals surface area contributed by atoms with Crippen molar-refractivity contribution < 1.29 is 32.8 Å². The molecule has 0 bridgehead atoms. The number of benzene rings is 3. The van der Waals surface area contributed by atoms with E-state index in [1.54, 1.807) is 66.7 Å². The smallest absolute Gasteiger partial charge is 0.494 e. The molecule has 37 heavy (non-hydrogen) atoms. The van der Waals surface area contributed by atoms with Crippen LogP contribution in [0.25, 0.3) is 11.1 Å². The fraction of sp³-hybridized carbons (Fsp3) is 0.250. The molecule has 5 N–H and O–H groups in total. The molecule has 189 valence electrons. The van der Waals surface area contributed by atoms with Crippen molar-refractivity contribution in [2.45, 2.75) is 32.6 Å². The van der Waals surface area contributed by atoms with E-state index in [0.717, 1.165) is 25.7 Å². The first-order chi connectivity index (χ1) is 17.3. The average molecular weight is 535 g/mol. The van der Waals surface area contributed by atoms with Crippen molar-refractivity contribution in [1.82, 2.24) is 0 Å². The maximum Gasteiger partial charge on any atom is 2.00 e. The molecule has 0 unspecified atom stereocenters. The van der Waals surface area contributed by atoms with Gasteiger partial charge in [-0.25, -0.2) is 0 Å². The Morgan fingerprint density at radius 3 is 1.84 bits per heavy atom. The third-order valence-electron chi connectivity index (χ3n) is 6.30. The van der Waals surface area contributed by atoms with Crippen LogP contribution in [0.3, 0.4) is 0 Å². The average Bonchev–Trinajstić information content (AvgIpc) is 2.85. The number of nitrogens with two attached hydrogens (primary N) is 1. The van der Waals surface area contributed by atoms with Gasteiger partial charge >= 0.3 is 18.6 Å². The van der Waals surface area contributed by atoms with Crippen LogP contribution in [0.2, 0.25) is 0 Å². The summed E-state index contributed by atoms with van der Waals surface area (Å²) in [6, 6.07) is 18.5. The fourth-order valence-electron chi connectivity index (χ4n) is 4.18. The van der Waals surface area contributed by atoms with Gasteiger partial charge in [0, 0.05) is 29.8 Å². The van der Waals surface area contributed by atoms with Gasteiger partial charge in [-0.2, -0.15) is 0 Å². The minimum atomic E-state index is -0.273. The van der Waals surface area contributed by atoms with Crippen LogP contribution in [0.5, 0.6) is 23.0 Å². The molecule has 0 heterocycles. The Morgan fingerprint density at radius 1 is 0.892 bits per heavy atom. The maximum absolute atomic E-state index is 12.9. The Bertz CT molecular complexity index is 1180. The van der Waals surface area contributed by atoms with Gasteiger partial charge in [0.15, 0.2) is 0 Å². The first kappa shape index (κ1) is 27.8. The number of anilines is 1. The largest absolute Gasteiger partial charge is 2.00 e. The van der Waals surface area contributed by atoms with Crippen LogP contribution in [0.1, 0.15) is 43.7 Å². The molecule has 0 spiro atoms. The molecule has 0 atom stereocenters. The van der Waals surface area contributed by atoms with Crippen LogP contribution in [0, 0.1) is 17.2 Å². The summed E-state index contributed by atoms with van der Waals surface area (Å²) in [5.41, 5.74) is 14.4. The van der Waals surface area contributed by atoms with E-state index < -0.39 is 0 Å². The van der Waals surface area contributed by atoms with Gasteiger partial charge in [-0.3, -0.25) is 4.79 Å². The van der Waals surface area contributed by atoms with E-state index in [2.05, 4.69) is 12.2 Å². The summed E-state index contributed by atoms with van der Waals surface area (Å²) in [6.07, 6.45) is 3.85. The summed E-state index contributed by atoms with van der Waals surface area (Å²) >= 11 is 0. The van der Waals surface area contributed by atoms with Crippen LogP contribution >= 0.6 is 0 Å². The van der Waals surface area contributed by atoms with E-state index in [4.69, 9.17) is 26.4 Å². The Hall–Kier alpha value is -3.75. The molecule has 3 aromatic carbocycles. The molecule has 1 aliphatic carbocycles. The van der Waals surface area contributed by atoms with Crippen molar-refractivity contribution in [3.8, 4) is 23.0 Å². The van der Waals surface area contributed by atoms with Crippen LogP contribution in [0.4, 0.5) is 5.69 Å². The monoisotopic (exact) mass is 534 g/mol. The van der Waals surface area contributed by atoms with E-state index >= 15 is 0 Å². The number of nitrogens with zero attached hydrogens (tertiary/aromatic N) is 1. The molecule has 1 aliphatic rings. The van der Waals surface area contributed by atoms with E-state index in [-0.39, 0.29) is 42.1 Å². The van der Waals surface area contributed by atoms with Gasteiger partial charge in [0.25, 0.3) is 0 Å². The zero-order chi connectivity index (χ0) is 25.7. The third-order valence-corrected chi connectivity index (χ3v) is 6.30. The number of amidine groups is 2. The van der Waals surface area contributed by atoms with Crippen molar-refractivity contribution in [2.24, 2.45) is 17.6 Å². The molecule has 1 radical (unpaired) electrons. The molecule has 9 heteroatoms. The third kappa shape index (κ3) is 7.62. The van der Waals surface area contributed by atoms with E-state index in [1.807, 2.05) is 0 Å². The second-order valence-electron chi connectivity index (χ2n) is 9.15. The van der Waals surface area contributed by atoms with Gasteiger partial charge in [-0.05, 0) is 67.0 Å². The summed E-state index contributed by atoms with van der Waals surface area (Å²) < 4.78 is 12.0. The number of nitrogens with one attached hydrogen (secondary N) is 3. The number of carbonyl (C=O) groups excluding carboxylic acids is 1. The topological polar surface area (TPSA) is 144 Å². The maximum atomic E-state index is 12.9. The fourth-order valence-corrected chi connectivity index (χ4v) is 4.18. The summed E-state index contributed by atoms with van der Waals surface area (Å²) in [7, 11) is 0. The molecule has 3 aromatic rings. The van der Waals surface area contributed by atoms with Crippen molar-refractivity contribution in [3.05, 3.63) is 89.0 Å². The Labute approximate surface area is 228 Å². The molecule has 0 aromatic heterocycles. The number of ether oxygens (including phenoxy) is 2. The Kier molecular flexibility index (Phi) is 9.39. The minimum absolute atomic E-state index is 0. The van der Waals surface area contributed by atoms with Gasteiger partial charge < -0.3 is 37.1 Å². The van der Waals surface area contributed by atoms with Crippen molar-refractivity contribution >= 4 is 23.3 Å². The number of hydrogen-bond donors (Lipinski definition) is 3. The van der Waals surface area contributed by atoms with Crippen LogP contribution in [-0.4, -0.2) is 17.6 Å². The minimum Gasteiger partial charge on any atom is -0.494 e. The normalized spacial score (nSPS) is 16.7. The zero-order valence-corrected chi connectivity index (χ0v) is 21.9. The second-order valence-corrected chi connectivity index (χ2v) is 9.15. The van der Waals surface area contributed by atoms with Gasteiger partial charge in [0.1, 0.15) is 23.0 Å². The van der Waals surface area contributed by atoms with Crippen molar-refractivity contribution in [1.29, 1.82) is 5.41 Å². The van der Waals surface area contributed by atoms with Gasteiger partial charge in [0.2, 0.25) is 5.91 Å². The Morgan fingerprint density at radius 2 is 1.38 bits per heavy atom. The molecule has 8 nitrogen and oxygen atoms in total. The van der Waals surface area contributed by atoms with Crippen LogP contribution in [-0.2, 0) is 23.4 Å². The first-order valence-electron chi connectivity index (χ1n) is 11.9. The number of carbonyl (C=O) groups is 1. The zero-order valence-electron chi connectivity index (χ0n) is 20.5. The van der Waals surface area contributed by atoms with Crippen LogP contribution in [0.15, 0.2) is 66.7 Å². The van der Waals surface area contributed by atoms with Crippen molar-refractivity contribution in [3.63, 3.8) is 0 Å². The SMILES string of the molecule is CC1CCC(C(=O)Nc2cc(Oc3ccc(C(=[N-])N)cc3)cc(Oc3ccc(C(=N)[NH-])cc3)c2)CC1.[V+2]. The summed E-state index contributed by atoms with van der Waals surface area (Å²) in [6.45, 7) is 2.22. The number of hydrogen-bond acceptors (Lipinski definition) is 4. The number of amides is 1. The quantitative estimate of drug-likeness (QED) is 0.219. The van der Waals surface area contributed by atoms with Gasteiger partial charge in [-0.15, -0.1) is 0 Å². The van der Waals surface area contributed by atoms with E-state index in [0.29, 0.717) is 45.7 Å². The summed E-state index contributed by atoms with van der Waals surface area (Å²) in [5, 5.41) is 19.9. The van der Waals surface area contributed by atoms with E-state index in [1.165, 1.54) is 0 Å². The standard InChI is InChI=1S/C28H30N5O3.V/c1-17-2-4-20(5-3-17)28(34)33-21-14-24(35-22-10-6-18(7-11-22)26(29)30)16-25(15-21)36-23-12-8-19(9-13-23)27(31)32;/h6-17,20H,2-5H2,1H3,(H6-,29,30,31,32,33,34);/q-1;+2/p-1.